The van der Waals surface area contributed by atoms with Crippen molar-refractivity contribution in [2.75, 3.05) is 24.5 Å². The number of amides is 1. The van der Waals surface area contributed by atoms with Gasteiger partial charge in [0.2, 0.25) is 5.88 Å². The molecule has 0 N–H and O–H groups in total. The number of carbonyl (C=O) groups excluding carboxylic acids is 1. The molecule has 3 aromatic rings. The Kier molecular flexibility index (Phi) is 5.98. The number of aromatic nitrogens is 1. The highest BCUT2D eigenvalue weighted by molar-refractivity contribution is 5.91. The summed E-state index contributed by atoms with van der Waals surface area (Å²) in [6.45, 7) is 5.05. The standard InChI is InChI=1S/C23H27N3O3/c1-2-13-26(22(27)20-12-9-16-28-20)17-19-21(18-10-5-3-6-11-18)24-29-23(19)25-14-7-4-8-15-25/h3,5-6,9-12,16H,2,4,7-8,13-15,17H2,1H3. The number of furan rings is 1. The van der Waals surface area contributed by atoms with E-state index in [0.29, 0.717) is 18.8 Å². The number of anilines is 1. The van der Waals surface area contributed by atoms with Crippen LogP contribution in [0.1, 0.15) is 48.7 Å². The van der Waals surface area contributed by atoms with E-state index in [1.165, 1.54) is 12.7 Å². The van der Waals surface area contributed by atoms with Gasteiger partial charge in [-0.25, -0.2) is 0 Å². The van der Waals surface area contributed by atoms with Crippen LogP contribution in [0.5, 0.6) is 0 Å². The van der Waals surface area contributed by atoms with Gasteiger partial charge < -0.3 is 18.7 Å². The molecule has 4 rings (SSSR count). The molecule has 152 valence electrons. The van der Waals surface area contributed by atoms with E-state index in [-0.39, 0.29) is 5.91 Å². The summed E-state index contributed by atoms with van der Waals surface area (Å²) in [5, 5.41) is 4.42. The molecule has 0 radical (unpaired) electrons. The molecule has 2 aromatic heterocycles. The highest BCUT2D eigenvalue weighted by Crippen LogP contribution is 2.34. The van der Waals surface area contributed by atoms with Crippen LogP contribution in [0.3, 0.4) is 0 Å². The van der Waals surface area contributed by atoms with Crippen molar-refractivity contribution in [3.05, 3.63) is 60.1 Å². The van der Waals surface area contributed by atoms with E-state index in [0.717, 1.165) is 55.1 Å². The average molecular weight is 393 g/mol. The monoisotopic (exact) mass is 393 g/mol. The minimum Gasteiger partial charge on any atom is -0.459 e. The predicted octanol–water partition coefficient (Wildman–Crippen LogP) is 4.98. The van der Waals surface area contributed by atoms with Crippen LogP contribution >= 0.6 is 0 Å². The number of nitrogens with zero attached hydrogens (tertiary/aromatic N) is 3. The number of benzene rings is 1. The van der Waals surface area contributed by atoms with Crippen molar-refractivity contribution in [3.8, 4) is 11.3 Å². The number of hydrogen-bond acceptors (Lipinski definition) is 5. The summed E-state index contributed by atoms with van der Waals surface area (Å²) in [4.78, 5) is 17.1. The van der Waals surface area contributed by atoms with E-state index in [2.05, 4.69) is 17.0 Å². The fourth-order valence-electron chi connectivity index (χ4n) is 3.88. The second kappa shape index (κ2) is 8.99. The maximum absolute atomic E-state index is 13.0. The number of carbonyl (C=O) groups is 1. The van der Waals surface area contributed by atoms with Gasteiger partial charge in [-0.1, -0.05) is 42.4 Å². The van der Waals surface area contributed by atoms with E-state index in [1.807, 2.05) is 35.2 Å². The Hall–Kier alpha value is -3.02. The number of hydrogen-bond donors (Lipinski definition) is 0. The van der Waals surface area contributed by atoms with Crippen molar-refractivity contribution in [2.24, 2.45) is 0 Å². The Balaban J connectivity index is 1.70. The zero-order valence-corrected chi connectivity index (χ0v) is 16.8. The molecule has 1 aromatic carbocycles. The van der Waals surface area contributed by atoms with Crippen LogP contribution in [0.4, 0.5) is 5.88 Å². The van der Waals surface area contributed by atoms with Crippen LogP contribution in [0.15, 0.2) is 57.7 Å². The second-order valence-corrected chi connectivity index (χ2v) is 7.43. The topological polar surface area (TPSA) is 62.7 Å². The molecule has 0 spiro atoms. The normalized spacial score (nSPS) is 14.2. The fraction of sp³-hybridized carbons (Fsp3) is 0.391. The summed E-state index contributed by atoms with van der Waals surface area (Å²) in [6.07, 6.45) is 5.92. The van der Waals surface area contributed by atoms with E-state index in [1.54, 1.807) is 12.1 Å². The number of rotatable bonds is 7. The molecular weight excluding hydrogens is 366 g/mol. The molecule has 0 aliphatic carbocycles. The van der Waals surface area contributed by atoms with Crippen LogP contribution < -0.4 is 4.90 Å². The summed E-state index contributed by atoms with van der Waals surface area (Å²) >= 11 is 0. The summed E-state index contributed by atoms with van der Waals surface area (Å²) in [7, 11) is 0. The quantitative estimate of drug-likeness (QED) is 0.567. The van der Waals surface area contributed by atoms with Crippen molar-refractivity contribution in [3.63, 3.8) is 0 Å². The molecule has 0 atom stereocenters. The van der Waals surface area contributed by atoms with Gasteiger partial charge in [-0.15, -0.1) is 0 Å². The van der Waals surface area contributed by atoms with Crippen LogP contribution in [0, 0.1) is 0 Å². The SMILES string of the molecule is CCCN(Cc1c(-c2ccccc2)noc1N1CCCCC1)C(=O)c1ccco1. The highest BCUT2D eigenvalue weighted by Gasteiger charge is 2.27. The first-order valence-corrected chi connectivity index (χ1v) is 10.4. The van der Waals surface area contributed by atoms with Crippen molar-refractivity contribution in [1.82, 2.24) is 10.1 Å². The minimum absolute atomic E-state index is 0.110. The molecular formula is C23H27N3O3. The van der Waals surface area contributed by atoms with Crippen LogP contribution in [0.25, 0.3) is 11.3 Å². The average Bonchev–Trinajstić information content (AvgIpc) is 3.45. The van der Waals surface area contributed by atoms with Gasteiger partial charge in [-0.3, -0.25) is 4.79 Å². The molecule has 1 fully saturated rings. The molecule has 3 heterocycles. The van der Waals surface area contributed by atoms with Gasteiger partial charge >= 0.3 is 0 Å². The van der Waals surface area contributed by atoms with Crippen LogP contribution in [-0.2, 0) is 6.54 Å². The van der Waals surface area contributed by atoms with Crippen LogP contribution in [0.2, 0.25) is 0 Å². The van der Waals surface area contributed by atoms with Gasteiger partial charge in [0, 0.05) is 25.2 Å². The first-order chi connectivity index (χ1) is 14.3. The van der Waals surface area contributed by atoms with Crippen molar-refractivity contribution < 1.29 is 13.7 Å². The summed E-state index contributed by atoms with van der Waals surface area (Å²) in [5.41, 5.74) is 2.77. The Morgan fingerprint density at radius 3 is 2.59 bits per heavy atom. The van der Waals surface area contributed by atoms with Gasteiger partial charge in [-0.05, 0) is 37.8 Å². The van der Waals surface area contributed by atoms with E-state index in [4.69, 9.17) is 8.94 Å². The lowest BCUT2D eigenvalue weighted by Crippen LogP contribution is -2.33. The molecule has 6 nitrogen and oxygen atoms in total. The molecule has 1 amide bonds. The summed E-state index contributed by atoms with van der Waals surface area (Å²) in [5.74, 6) is 1.04. The number of piperidine rings is 1. The molecule has 1 aliphatic heterocycles. The van der Waals surface area contributed by atoms with Gasteiger partial charge in [0.15, 0.2) is 5.76 Å². The minimum atomic E-state index is -0.110. The zero-order valence-electron chi connectivity index (χ0n) is 16.8. The van der Waals surface area contributed by atoms with E-state index in [9.17, 15) is 4.79 Å². The Bertz CT molecular complexity index is 912. The highest BCUT2D eigenvalue weighted by atomic mass is 16.5. The zero-order chi connectivity index (χ0) is 20.1. The summed E-state index contributed by atoms with van der Waals surface area (Å²) in [6, 6.07) is 13.5. The predicted molar refractivity (Wildman–Crippen MR) is 112 cm³/mol. The lowest BCUT2D eigenvalue weighted by molar-refractivity contribution is 0.0711. The van der Waals surface area contributed by atoms with Gasteiger partial charge in [0.1, 0.15) is 5.69 Å². The van der Waals surface area contributed by atoms with Gasteiger partial charge in [0.25, 0.3) is 5.91 Å². The van der Waals surface area contributed by atoms with Crippen molar-refractivity contribution in [2.45, 2.75) is 39.2 Å². The third-order valence-corrected chi connectivity index (χ3v) is 5.32. The first-order valence-electron chi connectivity index (χ1n) is 10.4. The van der Waals surface area contributed by atoms with Crippen LogP contribution in [-0.4, -0.2) is 35.6 Å². The second-order valence-electron chi connectivity index (χ2n) is 7.43. The molecule has 0 unspecified atom stereocenters. The maximum Gasteiger partial charge on any atom is 0.289 e. The molecule has 0 bridgehead atoms. The molecule has 1 aliphatic rings. The Morgan fingerprint density at radius 2 is 1.90 bits per heavy atom. The van der Waals surface area contributed by atoms with E-state index >= 15 is 0 Å². The third-order valence-electron chi connectivity index (χ3n) is 5.32. The molecule has 0 saturated carbocycles. The fourth-order valence-corrected chi connectivity index (χ4v) is 3.88. The largest absolute Gasteiger partial charge is 0.459 e. The molecule has 1 saturated heterocycles. The smallest absolute Gasteiger partial charge is 0.289 e. The maximum atomic E-state index is 13.0. The molecule has 29 heavy (non-hydrogen) atoms. The lowest BCUT2D eigenvalue weighted by atomic mass is 10.1. The summed E-state index contributed by atoms with van der Waals surface area (Å²) < 4.78 is 11.2. The van der Waals surface area contributed by atoms with Gasteiger partial charge in [-0.2, -0.15) is 0 Å². The Labute approximate surface area is 171 Å². The third kappa shape index (κ3) is 4.21. The van der Waals surface area contributed by atoms with Crippen molar-refractivity contribution in [1.29, 1.82) is 0 Å². The lowest BCUT2D eigenvalue weighted by Gasteiger charge is -2.28. The van der Waals surface area contributed by atoms with Crippen molar-refractivity contribution >= 4 is 11.8 Å². The van der Waals surface area contributed by atoms with E-state index < -0.39 is 0 Å². The van der Waals surface area contributed by atoms with Gasteiger partial charge in [0.05, 0.1) is 18.4 Å². The Morgan fingerprint density at radius 1 is 1.10 bits per heavy atom. The molecule has 6 heteroatoms. The first kappa shape index (κ1) is 19.3.